The molecule has 0 radical (unpaired) electrons. The van der Waals surface area contributed by atoms with Crippen LogP contribution in [0.4, 0.5) is 0 Å². The van der Waals surface area contributed by atoms with Crippen molar-refractivity contribution < 1.29 is 14.6 Å². The monoisotopic (exact) mass is 330 g/mol. The molecule has 1 atom stereocenters. The molecule has 128 valence electrons. The van der Waals surface area contributed by atoms with Crippen molar-refractivity contribution in [1.82, 2.24) is 9.47 Å². The number of hydrogen-bond acceptors (Lipinski definition) is 5. The number of β-amino-alcohol motifs (C(OH)–C–C–N with tert-alkyl or cyclic N) is 1. The van der Waals surface area contributed by atoms with E-state index in [9.17, 15) is 9.90 Å². The molecule has 2 aromatic rings. The number of ether oxygens (including phenoxy) is 2. The Labute approximate surface area is 140 Å². The molecule has 1 aliphatic heterocycles. The third-order valence-corrected chi connectivity index (χ3v) is 4.43. The number of fused-ring (bicyclic) bond motifs is 1. The van der Waals surface area contributed by atoms with Gasteiger partial charge in [0.25, 0.3) is 5.56 Å². The number of pyridine rings is 1. The molecule has 2 heterocycles. The summed E-state index contributed by atoms with van der Waals surface area (Å²) in [6.45, 7) is 1.70. The molecule has 0 fully saturated rings. The maximum absolute atomic E-state index is 11.8. The van der Waals surface area contributed by atoms with Crippen LogP contribution in [-0.2, 0) is 20.1 Å². The van der Waals surface area contributed by atoms with Crippen LogP contribution in [0.2, 0.25) is 0 Å². The molecule has 6 nitrogen and oxygen atoms in total. The third kappa shape index (κ3) is 3.02. The van der Waals surface area contributed by atoms with Crippen molar-refractivity contribution in [2.45, 2.75) is 19.2 Å². The number of hydrogen-bond donors (Lipinski definition) is 1. The van der Waals surface area contributed by atoms with Crippen LogP contribution in [0, 0.1) is 0 Å². The summed E-state index contributed by atoms with van der Waals surface area (Å²) >= 11 is 0. The quantitative estimate of drug-likeness (QED) is 0.919. The van der Waals surface area contributed by atoms with Crippen LogP contribution in [0.1, 0.15) is 22.8 Å². The summed E-state index contributed by atoms with van der Waals surface area (Å²) in [5.74, 6) is 1.41. The van der Waals surface area contributed by atoms with Gasteiger partial charge in [-0.05, 0) is 23.8 Å². The molecule has 0 unspecified atom stereocenters. The normalized spacial score (nSPS) is 17.4. The molecule has 1 aromatic carbocycles. The lowest BCUT2D eigenvalue weighted by molar-refractivity contribution is 0.0843. The van der Waals surface area contributed by atoms with E-state index in [1.807, 2.05) is 18.2 Å². The zero-order valence-electron chi connectivity index (χ0n) is 14.2. The highest BCUT2D eigenvalue weighted by atomic mass is 16.5. The van der Waals surface area contributed by atoms with Gasteiger partial charge < -0.3 is 19.1 Å². The van der Waals surface area contributed by atoms with Gasteiger partial charge in [-0.25, -0.2) is 0 Å². The van der Waals surface area contributed by atoms with Gasteiger partial charge in [-0.1, -0.05) is 0 Å². The smallest absolute Gasteiger partial charge is 0.250 e. The lowest BCUT2D eigenvalue weighted by Crippen LogP contribution is -2.34. The highest BCUT2D eigenvalue weighted by Gasteiger charge is 2.29. The van der Waals surface area contributed by atoms with E-state index in [1.54, 1.807) is 33.5 Å². The fourth-order valence-corrected chi connectivity index (χ4v) is 3.21. The molecule has 1 N–H and O–H groups in total. The number of aromatic nitrogens is 1. The summed E-state index contributed by atoms with van der Waals surface area (Å²) in [5.41, 5.74) is 2.61. The summed E-state index contributed by atoms with van der Waals surface area (Å²) in [4.78, 5) is 13.9. The summed E-state index contributed by atoms with van der Waals surface area (Å²) < 4.78 is 12.4. The molecule has 0 bridgehead atoms. The van der Waals surface area contributed by atoms with E-state index in [4.69, 9.17) is 9.47 Å². The first kappa shape index (κ1) is 16.5. The molecular formula is C18H22N2O4. The number of methoxy groups -OCH3 is 2. The minimum Gasteiger partial charge on any atom is -0.496 e. The third-order valence-electron chi connectivity index (χ3n) is 4.43. The van der Waals surface area contributed by atoms with E-state index in [1.165, 1.54) is 4.57 Å². The van der Waals surface area contributed by atoms with Gasteiger partial charge in [0.2, 0.25) is 0 Å². The van der Waals surface area contributed by atoms with Gasteiger partial charge in [0, 0.05) is 50.1 Å². The van der Waals surface area contributed by atoms with E-state index in [2.05, 4.69) is 4.90 Å². The van der Waals surface area contributed by atoms with E-state index < -0.39 is 6.10 Å². The standard InChI is InChI=1S/C18H22N2O4/c1-19-7-6-12(8-17(19)22)9-20-10-13-15(23-2)4-5-16(24-3)18(13)14(21)11-20/h4-8,14,21H,9-11H2,1-3H3/t14-/m0/s1. The molecule has 24 heavy (non-hydrogen) atoms. The summed E-state index contributed by atoms with van der Waals surface area (Å²) in [5, 5.41) is 10.6. The van der Waals surface area contributed by atoms with Crippen LogP contribution in [-0.4, -0.2) is 35.3 Å². The van der Waals surface area contributed by atoms with Gasteiger partial charge in [-0.2, -0.15) is 0 Å². The molecule has 1 aliphatic rings. The van der Waals surface area contributed by atoms with Crippen molar-refractivity contribution in [2.75, 3.05) is 20.8 Å². The topological polar surface area (TPSA) is 63.9 Å². The van der Waals surface area contributed by atoms with Gasteiger partial charge in [0.1, 0.15) is 11.5 Å². The lowest BCUT2D eigenvalue weighted by Gasteiger charge is -2.34. The minimum absolute atomic E-state index is 0.0373. The Morgan fingerprint density at radius 1 is 1.21 bits per heavy atom. The number of aryl methyl sites for hydroxylation is 1. The largest absolute Gasteiger partial charge is 0.496 e. The zero-order valence-corrected chi connectivity index (χ0v) is 14.2. The first-order chi connectivity index (χ1) is 11.5. The molecule has 0 aliphatic carbocycles. The lowest BCUT2D eigenvalue weighted by atomic mass is 9.95. The highest BCUT2D eigenvalue weighted by molar-refractivity contribution is 5.51. The van der Waals surface area contributed by atoms with E-state index in [0.717, 1.165) is 22.4 Å². The highest BCUT2D eigenvalue weighted by Crippen LogP contribution is 2.39. The maximum Gasteiger partial charge on any atom is 0.250 e. The van der Waals surface area contributed by atoms with Crippen LogP contribution in [0.15, 0.2) is 35.3 Å². The molecule has 1 aromatic heterocycles. The first-order valence-electron chi connectivity index (χ1n) is 7.83. The summed E-state index contributed by atoms with van der Waals surface area (Å²) in [7, 11) is 4.94. The van der Waals surface area contributed by atoms with Crippen molar-refractivity contribution in [3.63, 3.8) is 0 Å². The summed E-state index contributed by atoms with van der Waals surface area (Å²) in [6, 6.07) is 7.22. The van der Waals surface area contributed by atoms with Crippen molar-refractivity contribution in [3.05, 3.63) is 57.5 Å². The predicted octanol–water partition coefficient (Wildman–Crippen LogP) is 1.45. The Balaban J connectivity index is 1.91. The minimum atomic E-state index is -0.662. The van der Waals surface area contributed by atoms with Gasteiger partial charge in [-0.3, -0.25) is 9.69 Å². The number of benzene rings is 1. The van der Waals surface area contributed by atoms with Crippen molar-refractivity contribution in [1.29, 1.82) is 0 Å². The molecule has 0 spiro atoms. The van der Waals surface area contributed by atoms with Crippen molar-refractivity contribution in [2.24, 2.45) is 7.05 Å². The maximum atomic E-state index is 11.8. The SMILES string of the molecule is COc1ccc(OC)c2c1CN(Cc1ccn(C)c(=O)c1)C[C@@H]2O. The first-order valence-corrected chi connectivity index (χ1v) is 7.83. The zero-order chi connectivity index (χ0) is 17.3. The van der Waals surface area contributed by atoms with Crippen LogP contribution in [0.25, 0.3) is 0 Å². The van der Waals surface area contributed by atoms with Crippen LogP contribution >= 0.6 is 0 Å². The molecule has 0 amide bonds. The molecular weight excluding hydrogens is 308 g/mol. The number of aliphatic hydroxyl groups is 1. The predicted molar refractivity (Wildman–Crippen MR) is 90.3 cm³/mol. The van der Waals surface area contributed by atoms with Gasteiger partial charge in [0.05, 0.1) is 20.3 Å². The summed E-state index contributed by atoms with van der Waals surface area (Å²) in [6.07, 6.45) is 1.10. The van der Waals surface area contributed by atoms with Crippen molar-refractivity contribution in [3.8, 4) is 11.5 Å². The Morgan fingerprint density at radius 3 is 2.58 bits per heavy atom. The van der Waals surface area contributed by atoms with Crippen molar-refractivity contribution >= 4 is 0 Å². The van der Waals surface area contributed by atoms with E-state index >= 15 is 0 Å². The average Bonchev–Trinajstić information content (AvgIpc) is 2.57. The number of aliphatic hydroxyl groups excluding tert-OH is 1. The molecule has 0 saturated carbocycles. The molecule has 6 heteroatoms. The van der Waals surface area contributed by atoms with Crippen LogP contribution in [0.5, 0.6) is 11.5 Å². The van der Waals surface area contributed by atoms with Crippen LogP contribution in [0.3, 0.4) is 0 Å². The van der Waals surface area contributed by atoms with E-state index in [0.29, 0.717) is 25.4 Å². The Morgan fingerprint density at radius 2 is 1.92 bits per heavy atom. The average molecular weight is 330 g/mol. The number of nitrogens with zero attached hydrogens (tertiary/aromatic N) is 2. The molecule has 0 saturated heterocycles. The second-order valence-corrected chi connectivity index (χ2v) is 6.03. The van der Waals surface area contributed by atoms with Crippen LogP contribution < -0.4 is 15.0 Å². The number of rotatable bonds is 4. The second kappa shape index (κ2) is 6.67. The molecule has 3 rings (SSSR count). The Kier molecular flexibility index (Phi) is 4.59. The second-order valence-electron chi connectivity index (χ2n) is 6.03. The van der Waals surface area contributed by atoms with Gasteiger partial charge >= 0.3 is 0 Å². The van der Waals surface area contributed by atoms with Gasteiger partial charge in [-0.15, -0.1) is 0 Å². The fourth-order valence-electron chi connectivity index (χ4n) is 3.21. The van der Waals surface area contributed by atoms with E-state index in [-0.39, 0.29) is 5.56 Å². The fraction of sp³-hybridized carbons (Fsp3) is 0.389. The Bertz CT molecular complexity index is 800. The Hall–Kier alpha value is -2.31. The van der Waals surface area contributed by atoms with Gasteiger partial charge in [0.15, 0.2) is 0 Å².